The van der Waals surface area contributed by atoms with E-state index in [4.69, 9.17) is 19.3 Å². The van der Waals surface area contributed by atoms with Gasteiger partial charge in [-0.3, -0.25) is 19.2 Å². The molecule has 3 atom stereocenters. The van der Waals surface area contributed by atoms with Crippen LogP contribution in [-0.4, -0.2) is 110 Å². The second kappa shape index (κ2) is 27.0. The fourth-order valence-corrected chi connectivity index (χ4v) is 4.65. The van der Waals surface area contributed by atoms with Crippen molar-refractivity contribution < 1.29 is 48.7 Å². The van der Waals surface area contributed by atoms with E-state index < -0.39 is 24.3 Å². The van der Waals surface area contributed by atoms with Gasteiger partial charge in [-0.25, -0.2) is 0 Å². The van der Waals surface area contributed by atoms with Crippen LogP contribution < -0.4 is 16.0 Å². The van der Waals surface area contributed by atoms with Crippen LogP contribution in [0.4, 0.5) is 0 Å². The number of aliphatic carboxylic acids is 1. The Hall–Kier alpha value is -2.32. The first-order valence-electron chi connectivity index (χ1n) is 16.4. The molecule has 0 aromatic rings. The van der Waals surface area contributed by atoms with E-state index >= 15 is 0 Å². The molecular formula is C31H57N3O10. The van der Waals surface area contributed by atoms with Gasteiger partial charge in [0.1, 0.15) is 12.2 Å². The predicted molar refractivity (Wildman–Crippen MR) is 164 cm³/mol. The third-order valence-corrected chi connectivity index (χ3v) is 7.33. The molecule has 3 unspecified atom stereocenters. The molecule has 0 aliphatic carbocycles. The van der Waals surface area contributed by atoms with E-state index in [9.17, 15) is 29.4 Å². The molecule has 1 aliphatic heterocycles. The minimum absolute atomic E-state index is 0.00487. The first kappa shape index (κ1) is 39.7. The first-order chi connectivity index (χ1) is 21.3. The molecule has 0 aromatic heterocycles. The molecule has 3 amide bonds. The zero-order valence-corrected chi connectivity index (χ0v) is 26.4. The van der Waals surface area contributed by atoms with Gasteiger partial charge >= 0.3 is 5.97 Å². The molecule has 1 heterocycles. The molecular weight excluding hydrogens is 574 g/mol. The van der Waals surface area contributed by atoms with Gasteiger partial charge in [-0.2, -0.15) is 0 Å². The lowest BCUT2D eigenvalue weighted by Gasteiger charge is -2.31. The van der Waals surface area contributed by atoms with Crippen LogP contribution in [0.2, 0.25) is 0 Å². The summed E-state index contributed by atoms with van der Waals surface area (Å²) < 4.78 is 16.3. The lowest BCUT2D eigenvalue weighted by atomic mass is 10.0. The Labute approximate surface area is 262 Å². The minimum Gasteiger partial charge on any atom is -0.481 e. The van der Waals surface area contributed by atoms with Crippen molar-refractivity contribution in [2.24, 2.45) is 0 Å². The van der Waals surface area contributed by atoms with E-state index in [0.29, 0.717) is 78.0 Å². The Morgan fingerprint density at radius 2 is 1.16 bits per heavy atom. The maximum atomic E-state index is 11.9. The number of carboxylic acids is 1. The fourth-order valence-electron chi connectivity index (χ4n) is 4.65. The smallest absolute Gasteiger partial charge is 0.303 e. The summed E-state index contributed by atoms with van der Waals surface area (Å²) in [5, 5.41) is 36.5. The average molecular weight is 632 g/mol. The number of carboxylic acid groups (broad SMARTS) is 1. The topological polar surface area (TPSA) is 193 Å². The van der Waals surface area contributed by atoms with Crippen molar-refractivity contribution in [1.82, 2.24) is 16.0 Å². The number of aliphatic hydroxyl groups is 2. The quantitative estimate of drug-likeness (QED) is 0.0694. The summed E-state index contributed by atoms with van der Waals surface area (Å²) in [6.07, 6.45) is 9.48. The number of amides is 3. The van der Waals surface area contributed by atoms with Crippen molar-refractivity contribution in [2.45, 2.75) is 121 Å². The maximum Gasteiger partial charge on any atom is 0.303 e. The second-order valence-corrected chi connectivity index (χ2v) is 11.3. The molecule has 0 radical (unpaired) electrons. The van der Waals surface area contributed by atoms with Crippen LogP contribution >= 0.6 is 0 Å². The highest BCUT2D eigenvalue weighted by atomic mass is 16.5. The van der Waals surface area contributed by atoms with Crippen molar-refractivity contribution in [3.05, 3.63) is 0 Å². The van der Waals surface area contributed by atoms with Crippen molar-refractivity contribution >= 4 is 23.7 Å². The SMILES string of the molecule is O=C(O)CCCCCCCCCCC(=O)NCCOCCC(=O)NCCCNC(=O)CCCCOCC1OCCC(O)C1O. The van der Waals surface area contributed by atoms with E-state index in [-0.39, 0.29) is 43.8 Å². The van der Waals surface area contributed by atoms with E-state index in [2.05, 4.69) is 16.0 Å². The molecule has 0 bridgehead atoms. The molecule has 1 fully saturated rings. The fraction of sp³-hybridized carbons (Fsp3) is 0.871. The molecule has 256 valence electrons. The lowest BCUT2D eigenvalue weighted by Crippen LogP contribution is -2.46. The summed E-state index contributed by atoms with van der Waals surface area (Å²) in [6, 6.07) is 0. The summed E-state index contributed by atoms with van der Waals surface area (Å²) in [6.45, 7) is 3.02. The van der Waals surface area contributed by atoms with Gasteiger partial charge in [-0.1, -0.05) is 38.5 Å². The number of hydrogen-bond donors (Lipinski definition) is 6. The number of unbranched alkanes of at least 4 members (excludes halogenated alkanes) is 8. The molecule has 13 nitrogen and oxygen atoms in total. The summed E-state index contributed by atoms with van der Waals surface area (Å²) in [4.78, 5) is 46.2. The number of rotatable bonds is 28. The van der Waals surface area contributed by atoms with Gasteiger partial charge in [0.25, 0.3) is 0 Å². The number of carbonyl (C=O) groups excluding carboxylic acids is 3. The number of aliphatic hydroxyl groups excluding tert-OH is 2. The molecule has 1 saturated heterocycles. The van der Waals surface area contributed by atoms with E-state index in [1.54, 1.807) is 0 Å². The second-order valence-electron chi connectivity index (χ2n) is 11.3. The van der Waals surface area contributed by atoms with Gasteiger partial charge in [0.15, 0.2) is 0 Å². The van der Waals surface area contributed by atoms with Crippen LogP contribution in [0.1, 0.15) is 103 Å². The molecule has 1 aliphatic rings. The molecule has 0 spiro atoms. The Morgan fingerprint density at radius 3 is 1.80 bits per heavy atom. The average Bonchev–Trinajstić information content (AvgIpc) is 2.99. The van der Waals surface area contributed by atoms with Gasteiger partial charge in [0.2, 0.25) is 17.7 Å². The normalized spacial score (nSPS) is 18.1. The van der Waals surface area contributed by atoms with E-state index in [1.807, 2.05) is 0 Å². The highest BCUT2D eigenvalue weighted by Crippen LogP contribution is 2.15. The molecule has 13 heteroatoms. The maximum absolute atomic E-state index is 11.9. The van der Waals surface area contributed by atoms with Crippen molar-refractivity contribution in [2.75, 3.05) is 52.7 Å². The van der Waals surface area contributed by atoms with Crippen molar-refractivity contribution in [3.63, 3.8) is 0 Å². The van der Waals surface area contributed by atoms with E-state index in [1.165, 1.54) is 0 Å². The summed E-state index contributed by atoms with van der Waals surface area (Å²) >= 11 is 0. The summed E-state index contributed by atoms with van der Waals surface area (Å²) in [5.41, 5.74) is 0. The van der Waals surface area contributed by atoms with Crippen LogP contribution in [0.15, 0.2) is 0 Å². The number of nitrogens with one attached hydrogen (secondary N) is 3. The van der Waals surface area contributed by atoms with Crippen LogP contribution in [0.25, 0.3) is 0 Å². The van der Waals surface area contributed by atoms with Gasteiger partial charge in [-0.05, 0) is 38.5 Å². The minimum atomic E-state index is -0.933. The van der Waals surface area contributed by atoms with Crippen molar-refractivity contribution in [1.29, 1.82) is 0 Å². The third-order valence-electron chi connectivity index (χ3n) is 7.33. The highest BCUT2D eigenvalue weighted by Gasteiger charge is 2.31. The Morgan fingerprint density at radius 1 is 0.614 bits per heavy atom. The molecule has 0 aromatic carbocycles. The zero-order valence-electron chi connectivity index (χ0n) is 26.4. The Balaban J connectivity index is 1.81. The summed E-state index contributed by atoms with van der Waals surface area (Å²) in [7, 11) is 0. The van der Waals surface area contributed by atoms with Gasteiger partial charge in [0.05, 0.1) is 25.9 Å². The van der Waals surface area contributed by atoms with Crippen LogP contribution in [0.5, 0.6) is 0 Å². The predicted octanol–water partition coefficient (Wildman–Crippen LogP) is 1.82. The lowest BCUT2D eigenvalue weighted by molar-refractivity contribution is -0.154. The van der Waals surface area contributed by atoms with Crippen LogP contribution in [-0.2, 0) is 33.4 Å². The molecule has 6 N–H and O–H groups in total. The third kappa shape index (κ3) is 23.1. The van der Waals surface area contributed by atoms with Crippen LogP contribution in [0.3, 0.4) is 0 Å². The van der Waals surface area contributed by atoms with Crippen molar-refractivity contribution in [3.8, 4) is 0 Å². The Kier molecular flexibility index (Phi) is 24.4. The Bertz CT molecular complexity index is 786. The highest BCUT2D eigenvalue weighted by molar-refractivity contribution is 5.76. The van der Waals surface area contributed by atoms with Gasteiger partial charge < -0.3 is 45.5 Å². The van der Waals surface area contributed by atoms with Gasteiger partial charge in [-0.15, -0.1) is 0 Å². The first-order valence-corrected chi connectivity index (χ1v) is 16.4. The number of carbonyl (C=O) groups is 4. The number of hydrogen-bond acceptors (Lipinski definition) is 9. The largest absolute Gasteiger partial charge is 0.481 e. The molecule has 44 heavy (non-hydrogen) atoms. The zero-order chi connectivity index (χ0) is 32.3. The van der Waals surface area contributed by atoms with Crippen LogP contribution in [0, 0.1) is 0 Å². The van der Waals surface area contributed by atoms with Gasteiger partial charge in [0, 0.05) is 58.5 Å². The standard InChI is InChI=1S/C31H57N3O10/c35-25-15-22-44-26(31(25)41)24-43-20-10-9-13-27(36)32-17-11-18-33-29(38)16-21-42-23-19-34-28(37)12-7-5-3-1-2-4-6-8-14-30(39)40/h25-26,31,35,41H,1-24H2,(H,32,36)(H,33,38)(H,34,37)(H,39,40). The monoisotopic (exact) mass is 631 g/mol. The number of ether oxygens (including phenoxy) is 3. The summed E-state index contributed by atoms with van der Waals surface area (Å²) in [5.74, 6) is -0.901. The van der Waals surface area contributed by atoms with E-state index in [0.717, 1.165) is 51.4 Å². The molecule has 1 rings (SSSR count). The molecule has 0 saturated carbocycles.